The van der Waals surface area contributed by atoms with Crippen LogP contribution in [0.5, 0.6) is 0 Å². The largest absolute Gasteiger partial charge is 0.0654 e. The maximum atomic E-state index is 2.39. The van der Waals surface area contributed by atoms with Crippen molar-refractivity contribution in [2.75, 3.05) is 0 Å². The number of hydrogen-bond donors (Lipinski definition) is 0. The fourth-order valence-electron chi connectivity index (χ4n) is 3.16. The molecule has 0 bridgehead atoms. The highest BCUT2D eigenvalue weighted by molar-refractivity contribution is 6.01. The summed E-state index contributed by atoms with van der Waals surface area (Å²) < 4.78 is 0. The fraction of sp³-hybridized carbons (Fsp3) is 0.273. The smallest absolute Gasteiger partial charge is 0.0108 e. The van der Waals surface area contributed by atoms with Gasteiger partial charge in [0.15, 0.2) is 0 Å². The molecule has 0 heteroatoms. The Morgan fingerprint density at radius 1 is 0.773 bits per heavy atom. The lowest BCUT2D eigenvalue weighted by Gasteiger charge is -2.05. The van der Waals surface area contributed by atoms with E-state index < -0.39 is 0 Å². The van der Waals surface area contributed by atoms with E-state index in [2.05, 4.69) is 73.7 Å². The number of fused-ring (bicyclic) bond motifs is 1. The Labute approximate surface area is 134 Å². The van der Waals surface area contributed by atoms with E-state index in [-0.39, 0.29) is 0 Å². The normalized spacial score (nSPS) is 15.0. The molecule has 0 fully saturated rings. The Hall–Kier alpha value is -2.08. The average Bonchev–Trinajstić information content (AvgIpc) is 2.91. The molecule has 112 valence electrons. The zero-order valence-corrected chi connectivity index (χ0v) is 13.4. The summed E-state index contributed by atoms with van der Waals surface area (Å²) in [5, 5.41) is 0. The van der Waals surface area contributed by atoms with Gasteiger partial charge in [0.2, 0.25) is 0 Å². The van der Waals surface area contributed by atoms with Crippen molar-refractivity contribution >= 4 is 17.2 Å². The topological polar surface area (TPSA) is 0 Å². The Morgan fingerprint density at radius 2 is 1.50 bits per heavy atom. The van der Waals surface area contributed by atoms with E-state index in [0.717, 1.165) is 0 Å². The molecule has 1 aliphatic carbocycles. The fourth-order valence-corrected chi connectivity index (χ4v) is 3.16. The number of benzene rings is 2. The van der Waals surface area contributed by atoms with Crippen molar-refractivity contribution in [2.45, 2.75) is 39.0 Å². The van der Waals surface area contributed by atoms with Crippen LogP contribution >= 0.6 is 0 Å². The molecule has 0 radical (unpaired) electrons. The molecule has 0 saturated heterocycles. The van der Waals surface area contributed by atoms with Crippen molar-refractivity contribution in [2.24, 2.45) is 0 Å². The molecule has 0 amide bonds. The van der Waals surface area contributed by atoms with Gasteiger partial charge in [-0.2, -0.15) is 0 Å². The molecule has 0 spiro atoms. The van der Waals surface area contributed by atoms with Crippen molar-refractivity contribution < 1.29 is 0 Å². The van der Waals surface area contributed by atoms with Crippen LogP contribution in [-0.2, 0) is 0 Å². The summed E-state index contributed by atoms with van der Waals surface area (Å²) in [5.41, 5.74) is 6.95. The van der Waals surface area contributed by atoms with Crippen LogP contribution in [0, 0.1) is 0 Å². The minimum Gasteiger partial charge on any atom is -0.0654 e. The van der Waals surface area contributed by atoms with Crippen LogP contribution in [-0.4, -0.2) is 0 Å². The third kappa shape index (κ3) is 3.39. The molecule has 0 saturated carbocycles. The van der Waals surface area contributed by atoms with E-state index >= 15 is 0 Å². The first-order valence-electron chi connectivity index (χ1n) is 8.45. The van der Waals surface area contributed by atoms with E-state index in [1.165, 1.54) is 59.9 Å². The monoisotopic (exact) mass is 288 g/mol. The summed E-state index contributed by atoms with van der Waals surface area (Å²) in [4.78, 5) is 0. The molecule has 0 N–H and O–H groups in total. The van der Waals surface area contributed by atoms with Crippen LogP contribution in [0.3, 0.4) is 0 Å². The van der Waals surface area contributed by atoms with E-state index in [1.54, 1.807) is 0 Å². The molecule has 1 aliphatic rings. The molecular weight excluding hydrogens is 264 g/mol. The molecule has 0 unspecified atom stereocenters. The highest BCUT2D eigenvalue weighted by Crippen LogP contribution is 2.38. The van der Waals surface area contributed by atoms with Gasteiger partial charge in [-0.15, -0.1) is 0 Å². The van der Waals surface area contributed by atoms with Crippen LogP contribution in [0.15, 0.2) is 60.7 Å². The third-order valence-electron chi connectivity index (χ3n) is 4.34. The Bertz CT molecular complexity index is 674. The molecule has 3 rings (SSSR count). The Kier molecular flexibility index (Phi) is 4.90. The lowest BCUT2D eigenvalue weighted by Crippen LogP contribution is -1.85. The first kappa shape index (κ1) is 14.8. The van der Waals surface area contributed by atoms with Crippen molar-refractivity contribution in [3.63, 3.8) is 0 Å². The van der Waals surface area contributed by atoms with E-state index in [9.17, 15) is 0 Å². The van der Waals surface area contributed by atoms with Gasteiger partial charge in [-0.3, -0.25) is 0 Å². The molecule has 22 heavy (non-hydrogen) atoms. The summed E-state index contributed by atoms with van der Waals surface area (Å²) in [5.74, 6) is 0. The molecule has 0 nitrogen and oxygen atoms in total. The van der Waals surface area contributed by atoms with E-state index in [0.29, 0.717) is 0 Å². The maximum Gasteiger partial charge on any atom is -0.0108 e. The second-order valence-corrected chi connectivity index (χ2v) is 6.04. The van der Waals surface area contributed by atoms with Gasteiger partial charge < -0.3 is 0 Å². The minimum atomic E-state index is 1.20. The molecule has 2 aromatic carbocycles. The standard InChI is InChI=1S/C22H24/c1-2-3-4-8-13-19-17-20(16-18-11-6-5-7-12-18)22-15-10-9-14-21(19)22/h5-7,9-12,14-17H,2-4,8,13H2,1H3/b20-16+. The summed E-state index contributed by atoms with van der Waals surface area (Å²) >= 11 is 0. The SMILES string of the molecule is CCCCCCC1=C/C(=C\c2ccccc2)c2ccccc21. The lowest BCUT2D eigenvalue weighted by atomic mass is 10.00. The quantitative estimate of drug-likeness (QED) is 0.526. The van der Waals surface area contributed by atoms with Gasteiger partial charge >= 0.3 is 0 Å². The van der Waals surface area contributed by atoms with Gasteiger partial charge in [-0.05, 0) is 46.8 Å². The molecular formula is C22H24. The van der Waals surface area contributed by atoms with Crippen molar-refractivity contribution in [3.05, 3.63) is 77.4 Å². The highest BCUT2D eigenvalue weighted by atomic mass is 14.2. The van der Waals surface area contributed by atoms with Crippen LogP contribution in [0.2, 0.25) is 0 Å². The molecule has 0 atom stereocenters. The van der Waals surface area contributed by atoms with Gasteiger partial charge in [-0.25, -0.2) is 0 Å². The van der Waals surface area contributed by atoms with Gasteiger partial charge in [0.1, 0.15) is 0 Å². The Balaban J connectivity index is 1.85. The third-order valence-corrected chi connectivity index (χ3v) is 4.34. The second kappa shape index (κ2) is 7.26. The minimum absolute atomic E-state index is 1.20. The summed E-state index contributed by atoms with van der Waals surface area (Å²) in [7, 11) is 0. The number of rotatable bonds is 6. The van der Waals surface area contributed by atoms with Gasteiger partial charge in [0, 0.05) is 0 Å². The molecule has 0 aromatic heterocycles. The van der Waals surface area contributed by atoms with E-state index in [4.69, 9.17) is 0 Å². The van der Waals surface area contributed by atoms with Gasteiger partial charge in [0.05, 0.1) is 0 Å². The second-order valence-electron chi connectivity index (χ2n) is 6.04. The number of unbranched alkanes of at least 4 members (excludes halogenated alkanes) is 3. The molecule has 2 aromatic rings. The van der Waals surface area contributed by atoms with Crippen LogP contribution in [0.25, 0.3) is 17.2 Å². The zero-order chi connectivity index (χ0) is 15.2. The maximum absolute atomic E-state index is 2.39. The van der Waals surface area contributed by atoms with Crippen molar-refractivity contribution in [1.29, 1.82) is 0 Å². The van der Waals surface area contributed by atoms with Gasteiger partial charge in [-0.1, -0.05) is 86.9 Å². The predicted octanol–water partition coefficient (Wildman–Crippen LogP) is 6.59. The van der Waals surface area contributed by atoms with Crippen molar-refractivity contribution in [3.8, 4) is 0 Å². The summed E-state index contributed by atoms with van der Waals surface area (Å²) in [6.45, 7) is 2.27. The van der Waals surface area contributed by atoms with Gasteiger partial charge in [0.25, 0.3) is 0 Å². The van der Waals surface area contributed by atoms with Crippen LogP contribution < -0.4 is 0 Å². The first-order valence-corrected chi connectivity index (χ1v) is 8.45. The molecule has 0 aliphatic heterocycles. The summed E-state index contributed by atoms with van der Waals surface area (Å²) in [6, 6.07) is 19.4. The number of hydrogen-bond acceptors (Lipinski definition) is 0. The summed E-state index contributed by atoms with van der Waals surface area (Å²) in [6.07, 6.45) is 11.2. The average molecular weight is 288 g/mol. The van der Waals surface area contributed by atoms with Crippen molar-refractivity contribution in [1.82, 2.24) is 0 Å². The highest BCUT2D eigenvalue weighted by Gasteiger charge is 2.17. The molecule has 0 heterocycles. The first-order chi connectivity index (χ1) is 10.9. The lowest BCUT2D eigenvalue weighted by molar-refractivity contribution is 0.679. The number of allylic oxidation sites excluding steroid dienone is 3. The predicted molar refractivity (Wildman–Crippen MR) is 97.5 cm³/mol. The van der Waals surface area contributed by atoms with Crippen LogP contribution in [0.1, 0.15) is 55.7 Å². The Morgan fingerprint density at radius 3 is 2.27 bits per heavy atom. The van der Waals surface area contributed by atoms with E-state index in [1.807, 2.05) is 0 Å². The van der Waals surface area contributed by atoms with Crippen LogP contribution in [0.4, 0.5) is 0 Å². The zero-order valence-electron chi connectivity index (χ0n) is 13.4.